The van der Waals surface area contributed by atoms with E-state index in [4.69, 9.17) is 5.53 Å². The monoisotopic (exact) mass is 151 g/mol. The van der Waals surface area contributed by atoms with Gasteiger partial charge in [0.15, 0.2) is 0 Å². The molecule has 0 unspecified atom stereocenters. The van der Waals surface area contributed by atoms with Crippen LogP contribution in [0.15, 0.2) is 10.6 Å². The predicted molar refractivity (Wildman–Crippen MR) is 35.3 cm³/mol. The average molecular weight is 151 g/mol. The van der Waals surface area contributed by atoms with Crippen LogP contribution in [0.1, 0.15) is 16.2 Å². The van der Waals surface area contributed by atoms with Crippen molar-refractivity contribution in [3.05, 3.63) is 23.1 Å². The Morgan fingerprint density at radius 2 is 2.64 bits per heavy atom. The first-order valence-corrected chi connectivity index (χ1v) is 2.89. The van der Waals surface area contributed by atoms with Gasteiger partial charge >= 0.3 is 12.0 Å². The fourth-order valence-electron chi connectivity index (χ4n) is 0.596. The maximum absolute atomic E-state index is 10.8. The molecule has 0 radical (unpaired) electrons. The summed E-state index contributed by atoms with van der Waals surface area (Å²) in [5.41, 5.74) is 8.60. The largest absolute Gasteiger partial charge is 0.361 e. The summed E-state index contributed by atoms with van der Waals surface area (Å²) in [5, 5.41) is 3.48. The van der Waals surface area contributed by atoms with Crippen molar-refractivity contribution in [3.8, 4) is 0 Å². The van der Waals surface area contributed by atoms with Gasteiger partial charge in [-0.25, -0.2) is 0 Å². The molecule has 11 heavy (non-hydrogen) atoms. The Morgan fingerprint density at radius 1 is 1.91 bits per heavy atom. The van der Waals surface area contributed by atoms with Crippen LogP contribution in [0.2, 0.25) is 0 Å². The summed E-state index contributed by atoms with van der Waals surface area (Å²) in [6, 6.07) is 1.46. The van der Waals surface area contributed by atoms with Gasteiger partial charge in [-0.2, -0.15) is 4.79 Å². The lowest BCUT2D eigenvalue weighted by Gasteiger charge is -1.74. The molecule has 0 bridgehead atoms. The summed E-state index contributed by atoms with van der Waals surface area (Å²) >= 11 is 0. The fraction of sp³-hybridized carbons (Fsp3) is 0.167. The molecular weight excluding hydrogens is 146 g/mol. The highest BCUT2D eigenvalue weighted by molar-refractivity contribution is 6.32. The highest BCUT2D eigenvalue weighted by atomic mass is 16.5. The Labute approximate surface area is 62.2 Å². The Hall–Kier alpha value is -1.74. The third kappa shape index (κ3) is 1.59. The Morgan fingerprint density at radius 3 is 3.09 bits per heavy atom. The van der Waals surface area contributed by atoms with Crippen molar-refractivity contribution in [2.45, 2.75) is 6.92 Å². The van der Waals surface area contributed by atoms with E-state index in [0.29, 0.717) is 5.69 Å². The molecule has 1 heterocycles. The first-order valence-electron chi connectivity index (χ1n) is 2.89. The molecule has 5 heteroatoms. The van der Waals surface area contributed by atoms with E-state index in [1.807, 2.05) is 0 Å². The zero-order chi connectivity index (χ0) is 8.27. The zero-order valence-corrected chi connectivity index (χ0v) is 5.81. The number of rotatable bonds is 2. The van der Waals surface area contributed by atoms with Crippen molar-refractivity contribution in [3.63, 3.8) is 0 Å². The van der Waals surface area contributed by atoms with Crippen LogP contribution in [0, 0.1) is 6.92 Å². The molecular formula is C6H5N3O2. The molecule has 1 aromatic rings. The van der Waals surface area contributed by atoms with Gasteiger partial charge in [0, 0.05) is 6.07 Å². The van der Waals surface area contributed by atoms with Crippen LogP contribution < -0.4 is 0 Å². The summed E-state index contributed by atoms with van der Waals surface area (Å²) in [5.74, 6) is -0.437. The summed E-state index contributed by atoms with van der Waals surface area (Å²) in [6.45, 7) is 1.69. The van der Waals surface area contributed by atoms with Crippen LogP contribution in [0.5, 0.6) is 0 Å². The first-order chi connectivity index (χ1) is 5.24. The Balaban J connectivity index is 2.93. The number of aromatic nitrogens is 1. The number of Topliss-reactive ketones (excluding diaryl/α,β-unsaturated/α-hetero) is 1. The van der Waals surface area contributed by atoms with Gasteiger partial charge in [0.2, 0.25) is 5.76 Å². The molecule has 0 spiro atoms. The van der Waals surface area contributed by atoms with E-state index in [0.717, 1.165) is 6.21 Å². The molecule has 1 aromatic heterocycles. The minimum atomic E-state index is -0.506. The number of hydrogen-bond donors (Lipinski definition) is 0. The van der Waals surface area contributed by atoms with Crippen molar-refractivity contribution >= 4 is 12.0 Å². The van der Waals surface area contributed by atoms with Crippen LogP contribution in [0.25, 0.3) is 5.53 Å². The van der Waals surface area contributed by atoms with Gasteiger partial charge in [0.1, 0.15) is 0 Å². The van der Waals surface area contributed by atoms with Crippen LogP contribution in [0.3, 0.4) is 0 Å². The zero-order valence-electron chi connectivity index (χ0n) is 5.81. The van der Waals surface area contributed by atoms with Gasteiger partial charge in [-0.3, -0.25) is 4.79 Å². The third-order valence-corrected chi connectivity index (χ3v) is 1.05. The van der Waals surface area contributed by atoms with Crippen molar-refractivity contribution < 1.29 is 14.1 Å². The smallest absolute Gasteiger partial charge is 0.331 e. The first kappa shape index (κ1) is 7.37. The second-order valence-electron chi connectivity index (χ2n) is 1.94. The highest BCUT2D eigenvalue weighted by Gasteiger charge is 2.11. The molecule has 0 amide bonds. The normalized spacial score (nSPS) is 8.82. The molecule has 0 aliphatic heterocycles. The quantitative estimate of drug-likeness (QED) is 0.266. The molecule has 1 rings (SSSR count). The molecule has 0 saturated heterocycles. The van der Waals surface area contributed by atoms with Gasteiger partial charge in [-0.1, -0.05) is 5.16 Å². The highest BCUT2D eigenvalue weighted by Crippen LogP contribution is 2.00. The standard InChI is InChI=1S/C6H5N3O2/c1-4-2-6(11-9-4)5(10)3-8-7/h2-3H,1H3. The predicted octanol–water partition coefficient (Wildman–Crippen LogP) is 0.466. The van der Waals surface area contributed by atoms with E-state index >= 15 is 0 Å². The van der Waals surface area contributed by atoms with E-state index in [-0.39, 0.29) is 5.76 Å². The van der Waals surface area contributed by atoms with E-state index in [9.17, 15) is 4.79 Å². The van der Waals surface area contributed by atoms with Gasteiger partial charge in [0.05, 0.1) is 5.69 Å². The van der Waals surface area contributed by atoms with Crippen molar-refractivity contribution in [2.75, 3.05) is 0 Å². The maximum Gasteiger partial charge on any atom is 0.331 e. The van der Waals surface area contributed by atoms with Gasteiger partial charge < -0.3 is 10.1 Å². The number of ketones is 1. The lowest BCUT2D eigenvalue weighted by Crippen LogP contribution is -1.98. The summed E-state index contributed by atoms with van der Waals surface area (Å²) < 4.78 is 4.58. The van der Waals surface area contributed by atoms with E-state index in [2.05, 4.69) is 14.5 Å². The molecule has 0 fully saturated rings. The second kappa shape index (κ2) is 2.90. The Bertz CT molecular complexity index is 322. The molecule has 0 atom stereocenters. The van der Waals surface area contributed by atoms with Crippen LogP contribution in [-0.4, -0.2) is 21.9 Å². The SMILES string of the molecule is Cc1cc(C(=O)C=[N+]=[N-])on1. The number of carbonyl (C=O) groups is 1. The van der Waals surface area contributed by atoms with Crippen LogP contribution >= 0.6 is 0 Å². The van der Waals surface area contributed by atoms with Gasteiger partial charge in [-0.15, -0.1) is 0 Å². The van der Waals surface area contributed by atoms with Crippen molar-refractivity contribution in [2.24, 2.45) is 0 Å². The van der Waals surface area contributed by atoms with Crippen molar-refractivity contribution in [1.29, 1.82) is 0 Å². The minimum absolute atomic E-state index is 0.0697. The number of nitrogens with zero attached hydrogens (tertiary/aromatic N) is 3. The number of aryl methyl sites for hydroxylation is 1. The van der Waals surface area contributed by atoms with Gasteiger partial charge in [0.25, 0.3) is 0 Å². The third-order valence-electron chi connectivity index (χ3n) is 1.05. The van der Waals surface area contributed by atoms with E-state index in [1.54, 1.807) is 6.92 Å². The fourth-order valence-corrected chi connectivity index (χ4v) is 0.596. The Kier molecular flexibility index (Phi) is 1.94. The molecule has 0 aliphatic carbocycles. The maximum atomic E-state index is 10.8. The molecule has 0 saturated carbocycles. The number of carbonyl (C=O) groups excluding carboxylic acids is 1. The minimum Gasteiger partial charge on any atom is -0.361 e. The average Bonchev–Trinajstić information content (AvgIpc) is 2.36. The van der Waals surface area contributed by atoms with Crippen LogP contribution in [-0.2, 0) is 0 Å². The lowest BCUT2D eigenvalue weighted by molar-refractivity contribution is 0.00203. The summed E-state index contributed by atoms with van der Waals surface area (Å²) in [7, 11) is 0. The summed E-state index contributed by atoms with van der Waals surface area (Å²) in [4.78, 5) is 13.4. The van der Waals surface area contributed by atoms with E-state index < -0.39 is 5.78 Å². The molecule has 0 aliphatic rings. The topological polar surface area (TPSA) is 79.5 Å². The number of hydrogen-bond acceptors (Lipinski definition) is 3. The van der Waals surface area contributed by atoms with Gasteiger partial charge in [-0.05, 0) is 6.92 Å². The summed E-state index contributed by atoms with van der Waals surface area (Å²) in [6.07, 6.45) is 0.750. The van der Waals surface area contributed by atoms with Crippen LogP contribution in [0.4, 0.5) is 0 Å². The molecule has 5 nitrogen and oxygen atoms in total. The van der Waals surface area contributed by atoms with E-state index in [1.165, 1.54) is 6.07 Å². The van der Waals surface area contributed by atoms with Crippen molar-refractivity contribution in [1.82, 2.24) is 5.16 Å². The molecule has 0 aromatic carbocycles. The molecule has 0 N–H and O–H groups in total. The second-order valence-corrected chi connectivity index (χ2v) is 1.94. The molecule has 56 valence electrons. The lowest BCUT2D eigenvalue weighted by atomic mass is 10.3.